The summed E-state index contributed by atoms with van der Waals surface area (Å²) >= 11 is 6.09. The predicted molar refractivity (Wildman–Crippen MR) is 89.4 cm³/mol. The van der Waals surface area contributed by atoms with Gasteiger partial charge in [0.25, 0.3) is 0 Å². The number of halogens is 1. The van der Waals surface area contributed by atoms with Crippen LogP contribution in [-0.2, 0) is 11.2 Å². The fourth-order valence-corrected chi connectivity index (χ4v) is 2.79. The Balaban J connectivity index is 1.99. The second-order valence-corrected chi connectivity index (χ2v) is 5.89. The van der Waals surface area contributed by atoms with Crippen molar-refractivity contribution < 1.29 is 9.90 Å². The van der Waals surface area contributed by atoms with Crippen LogP contribution in [0.4, 0.5) is 0 Å². The van der Waals surface area contributed by atoms with Crippen molar-refractivity contribution in [3.8, 4) is 11.3 Å². The van der Waals surface area contributed by atoms with Crippen molar-refractivity contribution >= 4 is 28.5 Å². The number of aromatic amines is 1. The number of carboxylic acid groups (broad SMARTS) is 1. The van der Waals surface area contributed by atoms with Crippen LogP contribution in [0.25, 0.3) is 22.2 Å². The third-order valence-corrected chi connectivity index (χ3v) is 4.04. The van der Waals surface area contributed by atoms with E-state index in [1.807, 2.05) is 36.4 Å². The van der Waals surface area contributed by atoms with E-state index in [9.17, 15) is 4.79 Å². The second-order valence-electron chi connectivity index (χ2n) is 5.46. The van der Waals surface area contributed by atoms with Gasteiger partial charge >= 0.3 is 5.97 Å². The van der Waals surface area contributed by atoms with Gasteiger partial charge in [-0.1, -0.05) is 23.7 Å². The van der Waals surface area contributed by atoms with Crippen molar-refractivity contribution in [1.82, 2.24) is 4.98 Å². The Labute approximate surface area is 133 Å². The van der Waals surface area contributed by atoms with E-state index in [0.717, 1.165) is 33.3 Å². The van der Waals surface area contributed by atoms with E-state index in [4.69, 9.17) is 16.7 Å². The lowest BCUT2D eigenvalue weighted by Gasteiger charge is -2.03. The summed E-state index contributed by atoms with van der Waals surface area (Å²) in [6.45, 7) is 2.05. The minimum absolute atomic E-state index is 0.149. The number of hydrogen-bond acceptors (Lipinski definition) is 1. The molecule has 2 N–H and O–H groups in total. The molecule has 3 aromatic rings. The summed E-state index contributed by atoms with van der Waals surface area (Å²) in [6.07, 6.45) is 0.693. The van der Waals surface area contributed by atoms with Gasteiger partial charge in [-0.2, -0.15) is 0 Å². The van der Waals surface area contributed by atoms with Gasteiger partial charge in [0.05, 0.1) is 0 Å². The van der Waals surface area contributed by atoms with Gasteiger partial charge in [0.2, 0.25) is 0 Å². The molecule has 0 saturated carbocycles. The Hall–Kier alpha value is -2.26. The molecular weight excluding hydrogens is 298 g/mol. The molecule has 0 bridgehead atoms. The summed E-state index contributed by atoms with van der Waals surface area (Å²) < 4.78 is 0. The first-order chi connectivity index (χ1) is 10.5. The van der Waals surface area contributed by atoms with Crippen LogP contribution in [0.5, 0.6) is 0 Å². The number of carbonyl (C=O) groups is 1. The van der Waals surface area contributed by atoms with Gasteiger partial charge in [-0.25, -0.2) is 0 Å². The highest BCUT2D eigenvalue weighted by Crippen LogP contribution is 2.29. The van der Waals surface area contributed by atoms with E-state index in [1.54, 1.807) is 0 Å². The molecule has 2 aromatic carbocycles. The highest BCUT2D eigenvalue weighted by Gasteiger charge is 2.08. The van der Waals surface area contributed by atoms with Gasteiger partial charge < -0.3 is 10.1 Å². The van der Waals surface area contributed by atoms with Crippen LogP contribution in [0.2, 0.25) is 5.02 Å². The number of benzene rings is 2. The minimum atomic E-state index is -0.774. The molecule has 1 aromatic heterocycles. The molecule has 0 atom stereocenters. The van der Waals surface area contributed by atoms with Gasteiger partial charge in [-0.3, -0.25) is 4.79 Å². The molecule has 0 aliphatic carbocycles. The van der Waals surface area contributed by atoms with Crippen LogP contribution in [0, 0.1) is 6.92 Å². The van der Waals surface area contributed by atoms with Gasteiger partial charge in [-0.15, -0.1) is 0 Å². The highest BCUT2D eigenvalue weighted by molar-refractivity contribution is 6.30. The lowest BCUT2D eigenvalue weighted by Crippen LogP contribution is -1.96. The number of aliphatic carboxylic acids is 1. The average Bonchev–Trinajstić information content (AvgIpc) is 2.90. The molecule has 0 aliphatic heterocycles. The molecule has 22 heavy (non-hydrogen) atoms. The highest BCUT2D eigenvalue weighted by atomic mass is 35.5. The quantitative estimate of drug-likeness (QED) is 0.726. The fraction of sp³-hybridized carbons (Fsp3) is 0.167. The molecule has 0 unspecified atom stereocenters. The van der Waals surface area contributed by atoms with E-state index in [-0.39, 0.29) is 6.42 Å². The van der Waals surface area contributed by atoms with Gasteiger partial charge in [0.15, 0.2) is 0 Å². The summed E-state index contributed by atoms with van der Waals surface area (Å²) in [4.78, 5) is 14.1. The first-order valence-corrected chi connectivity index (χ1v) is 7.51. The number of H-pyrrole nitrogens is 1. The Kier molecular flexibility index (Phi) is 3.90. The van der Waals surface area contributed by atoms with Crippen molar-refractivity contribution in [3.63, 3.8) is 0 Å². The topological polar surface area (TPSA) is 53.1 Å². The van der Waals surface area contributed by atoms with E-state index < -0.39 is 5.97 Å². The average molecular weight is 314 g/mol. The van der Waals surface area contributed by atoms with E-state index in [1.165, 1.54) is 0 Å². The van der Waals surface area contributed by atoms with Crippen molar-refractivity contribution in [2.75, 3.05) is 0 Å². The third-order valence-electron chi connectivity index (χ3n) is 3.80. The summed E-state index contributed by atoms with van der Waals surface area (Å²) in [7, 11) is 0. The van der Waals surface area contributed by atoms with Gasteiger partial charge in [-0.05, 0) is 54.8 Å². The van der Waals surface area contributed by atoms with E-state index >= 15 is 0 Å². The molecule has 0 fully saturated rings. The second kappa shape index (κ2) is 5.85. The standard InChI is InChI=1S/C18H16ClNO2/c1-11-2-5-14(19)10-15(11)17-9-13-8-12(4-7-18(21)22)3-6-16(13)20-17/h2-3,5-6,8-10,20H,4,7H2,1H3,(H,21,22). The molecule has 1 heterocycles. The smallest absolute Gasteiger partial charge is 0.303 e. The summed E-state index contributed by atoms with van der Waals surface area (Å²) in [5.74, 6) is -0.774. The summed E-state index contributed by atoms with van der Waals surface area (Å²) in [5, 5.41) is 10.6. The SMILES string of the molecule is Cc1ccc(Cl)cc1-c1cc2cc(CCC(=O)O)ccc2[nH]1. The largest absolute Gasteiger partial charge is 0.481 e. The van der Waals surface area contributed by atoms with Crippen molar-refractivity contribution in [2.45, 2.75) is 19.8 Å². The molecule has 0 aliphatic rings. The van der Waals surface area contributed by atoms with Crippen LogP contribution >= 0.6 is 11.6 Å². The zero-order chi connectivity index (χ0) is 15.7. The molecule has 0 saturated heterocycles. The van der Waals surface area contributed by atoms with Crippen LogP contribution in [0.3, 0.4) is 0 Å². The number of nitrogens with one attached hydrogen (secondary N) is 1. The third kappa shape index (κ3) is 3.00. The number of fused-ring (bicyclic) bond motifs is 1. The Morgan fingerprint density at radius 2 is 2.00 bits per heavy atom. The molecule has 3 nitrogen and oxygen atoms in total. The van der Waals surface area contributed by atoms with Crippen LogP contribution < -0.4 is 0 Å². The summed E-state index contributed by atoms with van der Waals surface area (Å²) in [5.41, 5.74) is 5.32. The lowest BCUT2D eigenvalue weighted by molar-refractivity contribution is -0.136. The molecule has 0 spiro atoms. The molecule has 3 rings (SSSR count). The van der Waals surface area contributed by atoms with Crippen molar-refractivity contribution in [1.29, 1.82) is 0 Å². The molecule has 0 amide bonds. The first-order valence-electron chi connectivity index (χ1n) is 7.13. The first kappa shape index (κ1) is 14.7. The maximum Gasteiger partial charge on any atom is 0.303 e. The summed E-state index contributed by atoms with van der Waals surface area (Å²) in [6, 6.07) is 13.9. The van der Waals surface area contributed by atoms with Crippen molar-refractivity contribution in [3.05, 3.63) is 58.6 Å². The molecule has 4 heteroatoms. The monoisotopic (exact) mass is 313 g/mol. The Bertz CT molecular complexity index is 851. The van der Waals surface area contributed by atoms with Crippen molar-refractivity contribution in [2.24, 2.45) is 0 Å². The van der Waals surface area contributed by atoms with Crippen LogP contribution in [-0.4, -0.2) is 16.1 Å². The zero-order valence-electron chi connectivity index (χ0n) is 12.2. The maximum atomic E-state index is 10.7. The fourth-order valence-electron chi connectivity index (χ4n) is 2.62. The molecule has 112 valence electrons. The normalized spacial score (nSPS) is 11.0. The van der Waals surface area contributed by atoms with Gasteiger partial charge in [0.1, 0.15) is 0 Å². The van der Waals surface area contributed by atoms with E-state index in [0.29, 0.717) is 11.4 Å². The number of rotatable bonds is 4. The number of carboxylic acids is 1. The van der Waals surface area contributed by atoms with E-state index in [2.05, 4.69) is 18.0 Å². The minimum Gasteiger partial charge on any atom is -0.481 e. The van der Waals surface area contributed by atoms with Crippen LogP contribution in [0.1, 0.15) is 17.5 Å². The lowest BCUT2D eigenvalue weighted by atomic mass is 10.1. The maximum absolute atomic E-state index is 10.7. The zero-order valence-corrected chi connectivity index (χ0v) is 12.9. The number of hydrogen-bond donors (Lipinski definition) is 2. The Morgan fingerprint density at radius 3 is 2.77 bits per heavy atom. The Morgan fingerprint density at radius 1 is 1.18 bits per heavy atom. The number of aryl methyl sites for hydroxylation is 2. The predicted octanol–water partition coefficient (Wildman–Crippen LogP) is 4.81. The van der Waals surface area contributed by atoms with Crippen LogP contribution in [0.15, 0.2) is 42.5 Å². The molecular formula is C18H16ClNO2. The number of aromatic nitrogens is 1. The molecule has 0 radical (unpaired) electrons. The van der Waals surface area contributed by atoms with Gasteiger partial charge in [0, 0.05) is 33.6 Å².